The lowest BCUT2D eigenvalue weighted by molar-refractivity contribution is 0.357. The minimum atomic E-state index is -0.361. The highest BCUT2D eigenvalue weighted by Crippen LogP contribution is 2.26. The molecule has 0 saturated carbocycles. The van der Waals surface area contributed by atoms with Crippen molar-refractivity contribution in [1.82, 2.24) is 0 Å². The van der Waals surface area contributed by atoms with Gasteiger partial charge >= 0.3 is 0 Å². The van der Waals surface area contributed by atoms with Crippen molar-refractivity contribution >= 4 is 5.69 Å². The Balaban J connectivity index is 1.69. The fourth-order valence-electron chi connectivity index (χ4n) is 2.33. The van der Waals surface area contributed by atoms with Crippen molar-refractivity contribution in [3.05, 3.63) is 53.3 Å². The van der Waals surface area contributed by atoms with E-state index in [1.54, 1.807) is 12.1 Å². The minimum Gasteiger partial charge on any atom is -0.494 e. The van der Waals surface area contributed by atoms with Crippen LogP contribution in [0.3, 0.4) is 0 Å². The van der Waals surface area contributed by atoms with Gasteiger partial charge in [-0.2, -0.15) is 0 Å². The predicted octanol–water partition coefficient (Wildman–Crippen LogP) is 3.38. The minimum absolute atomic E-state index is 0.255. The number of hydrogen-bond acceptors (Lipinski definition) is 3. The smallest absolute Gasteiger partial charge is 0.167 e. The number of halogens is 1. The Morgan fingerprint density at radius 1 is 1.25 bits per heavy atom. The lowest BCUT2D eigenvalue weighted by Crippen LogP contribution is -2.00. The molecular formula is C16H16FNO2. The summed E-state index contributed by atoms with van der Waals surface area (Å²) in [5.41, 5.74) is 3.13. The molecule has 0 fully saturated rings. The van der Waals surface area contributed by atoms with Crippen molar-refractivity contribution in [3.8, 4) is 11.5 Å². The van der Waals surface area contributed by atoms with E-state index in [9.17, 15) is 4.39 Å². The summed E-state index contributed by atoms with van der Waals surface area (Å²) in [5.74, 6) is 0.870. The quantitative estimate of drug-likeness (QED) is 0.926. The molecule has 104 valence electrons. The second kappa shape index (κ2) is 5.41. The third-order valence-electron chi connectivity index (χ3n) is 3.40. The number of anilines is 1. The molecule has 0 aliphatic carbocycles. The highest BCUT2D eigenvalue weighted by atomic mass is 19.1. The maximum Gasteiger partial charge on any atom is 0.167 e. The first-order valence-corrected chi connectivity index (χ1v) is 6.58. The van der Waals surface area contributed by atoms with Crippen LogP contribution in [0.15, 0.2) is 36.4 Å². The van der Waals surface area contributed by atoms with Gasteiger partial charge in [-0.3, -0.25) is 0 Å². The molecule has 1 N–H and O–H groups in total. The monoisotopic (exact) mass is 273 g/mol. The summed E-state index contributed by atoms with van der Waals surface area (Å²) in [7, 11) is 1.46. The number of benzene rings is 2. The first-order chi connectivity index (χ1) is 9.76. The lowest BCUT2D eigenvalue weighted by atomic mass is 10.1. The molecule has 0 unspecified atom stereocenters. The highest BCUT2D eigenvalue weighted by molar-refractivity contribution is 5.48. The zero-order chi connectivity index (χ0) is 13.9. The molecule has 3 nitrogen and oxygen atoms in total. The maximum absolute atomic E-state index is 13.6. The van der Waals surface area contributed by atoms with Crippen LogP contribution < -0.4 is 14.8 Å². The molecule has 1 aliphatic heterocycles. The molecule has 2 aromatic carbocycles. The van der Waals surface area contributed by atoms with Crippen molar-refractivity contribution < 1.29 is 13.9 Å². The van der Waals surface area contributed by atoms with Crippen molar-refractivity contribution in [1.29, 1.82) is 0 Å². The van der Waals surface area contributed by atoms with Crippen LogP contribution in [0.2, 0.25) is 0 Å². The van der Waals surface area contributed by atoms with Gasteiger partial charge in [-0.1, -0.05) is 12.1 Å². The Morgan fingerprint density at radius 2 is 2.15 bits per heavy atom. The fraction of sp³-hybridized carbons (Fsp3) is 0.250. The molecule has 0 aromatic heterocycles. The maximum atomic E-state index is 13.6. The van der Waals surface area contributed by atoms with E-state index < -0.39 is 0 Å². The SMILES string of the molecule is COc1ccc(NCc2ccc3c(c2)CCO3)cc1F. The molecule has 0 bridgehead atoms. The fourth-order valence-corrected chi connectivity index (χ4v) is 2.33. The van der Waals surface area contributed by atoms with E-state index in [0.29, 0.717) is 6.54 Å². The Kier molecular flexibility index (Phi) is 3.46. The van der Waals surface area contributed by atoms with Gasteiger partial charge in [-0.25, -0.2) is 4.39 Å². The molecule has 3 rings (SSSR count). The van der Waals surface area contributed by atoms with Gasteiger partial charge in [-0.15, -0.1) is 0 Å². The second-order valence-electron chi connectivity index (χ2n) is 4.74. The molecule has 4 heteroatoms. The predicted molar refractivity (Wildman–Crippen MR) is 75.9 cm³/mol. The van der Waals surface area contributed by atoms with Crippen LogP contribution in [0.5, 0.6) is 11.5 Å². The van der Waals surface area contributed by atoms with Gasteiger partial charge in [0.05, 0.1) is 13.7 Å². The van der Waals surface area contributed by atoms with Crippen LogP contribution in [0, 0.1) is 5.82 Å². The third-order valence-corrected chi connectivity index (χ3v) is 3.40. The van der Waals surface area contributed by atoms with Crippen LogP contribution >= 0.6 is 0 Å². The molecule has 1 aliphatic rings. The molecule has 0 atom stereocenters. The number of rotatable bonds is 4. The number of ether oxygens (including phenoxy) is 2. The molecule has 2 aromatic rings. The van der Waals surface area contributed by atoms with E-state index in [0.717, 1.165) is 30.0 Å². The Hall–Kier alpha value is -2.23. The van der Waals surface area contributed by atoms with Crippen molar-refractivity contribution in [3.63, 3.8) is 0 Å². The average molecular weight is 273 g/mol. The Morgan fingerprint density at radius 3 is 2.95 bits per heavy atom. The topological polar surface area (TPSA) is 30.5 Å². The van der Waals surface area contributed by atoms with E-state index in [1.807, 2.05) is 12.1 Å². The van der Waals surface area contributed by atoms with Gasteiger partial charge in [0.15, 0.2) is 11.6 Å². The molecule has 0 spiro atoms. The first kappa shape index (κ1) is 12.8. The van der Waals surface area contributed by atoms with Gasteiger partial charge in [0.1, 0.15) is 5.75 Å². The summed E-state index contributed by atoms with van der Waals surface area (Å²) in [6.07, 6.45) is 0.959. The van der Waals surface area contributed by atoms with E-state index >= 15 is 0 Å². The Bertz CT molecular complexity index is 628. The van der Waals surface area contributed by atoms with Crippen molar-refractivity contribution in [2.24, 2.45) is 0 Å². The number of fused-ring (bicyclic) bond motifs is 1. The van der Waals surface area contributed by atoms with Crippen LogP contribution in [0.4, 0.5) is 10.1 Å². The van der Waals surface area contributed by atoms with Gasteiger partial charge in [0.25, 0.3) is 0 Å². The van der Waals surface area contributed by atoms with Crippen LogP contribution in [0.25, 0.3) is 0 Å². The van der Waals surface area contributed by atoms with Crippen LogP contribution in [0.1, 0.15) is 11.1 Å². The second-order valence-corrected chi connectivity index (χ2v) is 4.74. The van der Waals surface area contributed by atoms with E-state index in [4.69, 9.17) is 9.47 Å². The van der Waals surface area contributed by atoms with Gasteiger partial charge in [0, 0.05) is 24.7 Å². The number of methoxy groups -OCH3 is 1. The van der Waals surface area contributed by atoms with Gasteiger partial charge in [-0.05, 0) is 29.3 Å². The number of hydrogen-bond donors (Lipinski definition) is 1. The van der Waals surface area contributed by atoms with E-state index in [1.165, 1.54) is 18.7 Å². The molecular weight excluding hydrogens is 257 g/mol. The summed E-state index contributed by atoms with van der Waals surface area (Å²) in [5, 5.41) is 3.21. The van der Waals surface area contributed by atoms with Crippen LogP contribution in [-0.4, -0.2) is 13.7 Å². The van der Waals surface area contributed by atoms with E-state index in [-0.39, 0.29) is 11.6 Å². The molecule has 0 radical (unpaired) electrons. The first-order valence-electron chi connectivity index (χ1n) is 6.58. The summed E-state index contributed by atoms with van der Waals surface area (Å²) in [6.45, 7) is 1.41. The van der Waals surface area contributed by atoms with Crippen LogP contribution in [-0.2, 0) is 13.0 Å². The third kappa shape index (κ3) is 2.54. The Labute approximate surface area is 117 Å². The lowest BCUT2D eigenvalue weighted by Gasteiger charge is -2.09. The standard InChI is InChI=1S/C16H16FNO2/c1-19-16-5-3-13(9-14(16)17)18-10-11-2-4-15-12(8-11)6-7-20-15/h2-5,8-9,18H,6-7,10H2,1H3. The summed E-state index contributed by atoms with van der Waals surface area (Å²) in [6, 6.07) is 11.0. The number of nitrogens with one attached hydrogen (secondary N) is 1. The van der Waals surface area contributed by atoms with Crippen molar-refractivity contribution in [2.45, 2.75) is 13.0 Å². The van der Waals surface area contributed by atoms with Gasteiger partial charge < -0.3 is 14.8 Å². The largest absolute Gasteiger partial charge is 0.494 e. The zero-order valence-electron chi connectivity index (χ0n) is 11.3. The normalized spacial score (nSPS) is 12.7. The molecule has 0 amide bonds. The molecule has 20 heavy (non-hydrogen) atoms. The van der Waals surface area contributed by atoms with Crippen molar-refractivity contribution in [2.75, 3.05) is 19.0 Å². The molecule has 0 saturated heterocycles. The average Bonchev–Trinajstić information content (AvgIpc) is 2.92. The summed E-state index contributed by atoms with van der Waals surface area (Å²) >= 11 is 0. The summed E-state index contributed by atoms with van der Waals surface area (Å²) < 4.78 is 23.9. The highest BCUT2D eigenvalue weighted by Gasteiger charge is 2.11. The zero-order valence-corrected chi connectivity index (χ0v) is 11.3. The summed E-state index contributed by atoms with van der Waals surface area (Å²) in [4.78, 5) is 0. The molecule has 1 heterocycles. The van der Waals surface area contributed by atoms with E-state index in [2.05, 4.69) is 11.4 Å². The van der Waals surface area contributed by atoms with Gasteiger partial charge in [0.2, 0.25) is 0 Å².